The Bertz CT molecular complexity index is 3240. The van der Waals surface area contributed by atoms with Crippen molar-refractivity contribution in [1.82, 2.24) is 14.5 Å². The largest absolute Gasteiger partial charge is 0.322 e. The van der Waals surface area contributed by atoms with Crippen LogP contribution in [0.5, 0.6) is 0 Å². The highest BCUT2D eigenvalue weighted by atomic mass is 79.9. The number of benzene rings is 8. The topological polar surface area (TPSA) is 120 Å². The fraction of sp³-hybridized carbons (Fsp3) is 0.0357. The van der Waals surface area contributed by atoms with Crippen molar-refractivity contribution >= 4 is 77.0 Å². The van der Waals surface area contributed by atoms with Crippen molar-refractivity contribution in [3.8, 4) is 28.2 Å². The molecular formula is C56H42Br2N6O2. The second kappa shape index (κ2) is 19.8. The first-order valence-electron chi connectivity index (χ1n) is 21.3. The Morgan fingerprint density at radius 2 is 0.909 bits per heavy atom. The van der Waals surface area contributed by atoms with Crippen LogP contribution in [0.25, 0.3) is 50.3 Å². The van der Waals surface area contributed by atoms with E-state index in [9.17, 15) is 9.59 Å². The summed E-state index contributed by atoms with van der Waals surface area (Å²) in [5.74, 6) is -0.968. The van der Waals surface area contributed by atoms with Gasteiger partial charge in [-0.1, -0.05) is 190 Å². The smallest absolute Gasteiger partial charge is 0.304 e. The van der Waals surface area contributed by atoms with Crippen LogP contribution in [0.1, 0.15) is 33.6 Å². The lowest BCUT2D eigenvalue weighted by atomic mass is 9.95. The molecule has 1 aliphatic rings. The van der Waals surface area contributed by atoms with Gasteiger partial charge >= 0.3 is 5.91 Å². The number of ketones is 1. The summed E-state index contributed by atoms with van der Waals surface area (Å²) >= 11 is 6.95. The van der Waals surface area contributed by atoms with Gasteiger partial charge in [-0.05, 0) is 71.8 Å². The second-order valence-corrected chi connectivity index (χ2v) is 17.3. The van der Waals surface area contributed by atoms with E-state index >= 15 is 0 Å². The zero-order chi connectivity index (χ0) is 45.6. The molecule has 2 atom stereocenters. The summed E-state index contributed by atoms with van der Waals surface area (Å²) in [5, 5.41) is 1.07. The number of carbonyl (C=O) groups excluding carboxylic acids is 2. The average Bonchev–Trinajstić information content (AvgIpc) is 3.83. The molecule has 8 aromatic carbocycles. The van der Waals surface area contributed by atoms with Crippen LogP contribution in [0.4, 0.5) is 11.4 Å². The van der Waals surface area contributed by atoms with E-state index in [0.717, 1.165) is 70.3 Å². The van der Waals surface area contributed by atoms with Crippen LogP contribution in [0.2, 0.25) is 0 Å². The molecule has 8 nitrogen and oxygen atoms in total. The molecule has 66 heavy (non-hydrogen) atoms. The summed E-state index contributed by atoms with van der Waals surface area (Å²) in [6, 6.07) is 71.3. The summed E-state index contributed by atoms with van der Waals surface area (Å²) < 4.78 is 4.01. The number of hydrogen-bond donors (Lipinski definition) is 2. The van der Waals surface area contributed by atoms with E-state index < -0.39 is 11.7 Å². The zero-order valence-corrected chi connectivity index (χ0v) is 38.6. The number of aromatic nitrogens is 3. The first-order chi connectivity index (χ1) is 32.3. The minimum absolute atomic E-state index is 0.163. The molecule has 322 valence electrons. The van der Waals surface area contributed by atoms with Gasteiger partial charge in [0.2, 0.25) is 0 Å². The van der Waals surface area contributed by atoms with Crippen LogP contribution in [0.15, 0.2) is 227 Å². The van der Waals surface area contributed by atoms with Crippen molar-refractivity contribution in [3.05, 3.63) is 244 Å². The van der Waals surface area contributed by atoms with Crippen LogP contribution in [0, 0.1) is 0 Å². The number of para-hydroxylation sites is 2. The molecule has 0 spiro atoms. The van der Waals surface area contributed by atoms with Crippen LogP contribution >= 0.6 is 31.9 Å². The fourth-order valence-corrected chi connectivity index (χ4v) is 8.74. The minimum atomic E-state index is -0.505. The molecule has 0 bridgehead atoms. The SMILES string of the molecule is Brc1ccc2c(c1)c1nc(-c3ccccc3)c(-c3ccccc3)nc1n2-c1ccccc1.NC(c1ccccc1)C(N)c1ccccc1.O=C1C(=O)N(c2ccccc2)c2ccc(Br)cc21. The molecule has 2 unspecified atom stereocenters. The van der Waals surface area contributed by atoms with Crippen molar-refractivity contribution in [1.29, 1.82) is 0 Å². The van der Waals surface area contributed by atoms with Crippen LogP contribution in [-0.4, -0.2) is 26.2 Å². The fourth-order valence-electron chi connectivity index (χ4n) is 8.01. The third-order valence-electron chi connectivity index (χ3n) is 11.3. The normalized spacial score (nSPS) is 12.8. The van der Waals surface area contributed by atoms with Crippen LogP contribution in [0.3, 0.4) is 0 Å². The predicted octanol–water partition coefficient (Wildman–Crippen LogP) is 13.4. The van der Waals surface area contributed by atoms with E-state index in [0.29, 0.717) is 16.9 Å². The lowest BCUT2D eigenvalue weighted by Gasteiger charge is -2.20. The summed E-state index contributed by atoms with van der Waals surface area (Å²) in [6.45, 7) is 0. The number of hydrogen-bond acceptors (Lipinski definition) is 6. The maximum Gasteiger partial charge on any atom is 0.304 e. The van der Waals surface area contributed by atoms with Gasteiger partial charge in [0.1, 0.15) is 5.52 Å². The Morgan fingerprint density at radius 1 is 0.470 bits per heavy atom. The second-order valence-electron chi connectivity index (χ2n) is 15.5. The Balaban J connectivity index is 0.000000137. The lowest BCUT2D eigenvalue weighted by Crippen LogP contribution is -2.26. The predicted molar refractivity (Wildman–Crippen MR) is 274 cm³/mol. The number of nitrogens with two attached hydrogens (primary N) is 2. The maximum atomic E-state index is 12.0. The molecular weight excluding hydrogens is 948 g/mol. The van der Waals surface area contributed by atoms with E-state index in [1.165, 1.54) is 4.90 Å². The van der Waals surface area contributed by atoms with Crippen molar-refractivity contribution < 1.29 is 9.59 Å². The molecule has 2 aromatic heterocycles. The number of amides is 1. The van der Waals surface area contributed by atoms with Gasteiger partial charge in [-0.25, -0.2) is 9.97 Å². The van der Waals surface area contributed by atoms with E-state index in [2.05, 4.69) is 103 Å². The summed E-state index contributed by atoms with van der Waals surface area (Å²) in [7, 11) is 0. The highest BCUT2D eigenvalue weighted by Gasteiger charge is 2.36. The molecule has 1 aliphatic heterocycles. The summed E-state index contributed by atoms with van der Waals surface area (Å²) in [4.78, 5) is 35.9. The monoisotopic (exact) mass is 988 g/mol. The molecule has 3 heterocycles. The molecule has 11 rings (SSSR count). The maximum absolute atomic E-state index is 12.0. The van der Waals surface area contributed by atoms with Gasteiger partial charge < -0.3 is 11.5 Å². The van der Waals surface area contributed by atoms with E-state index in [1.807, 2.05) is 140 Å². The highest BCUT2D eigenvalue weighted by Crippen LogP contribution is 2.38. The molecule has 0 saturated heterocycles. The summed E-state index contributed by atoms with van der Waals surface area (Å²) in [6.07, 6.45) is 0. The highest BCUT2D eigenvalue weighted by molar-refractivity contribution is 9.10. The quantitative estimate of drug-likeness (QED) is 0.154. The van der Waals surface area contributed by atoms with Crippen molar-refractivity contribution in [2.75, 3.05) is 4.90 Å². The molecule has 0 radical (unpaired) electrons. The zero-order valence-electron chi connectivity index (χ0n) is 35.5. The third-order valence-corrected chi connectivity index (χ3v) is 12.3. The van der Waals surface area contributed by atoms with Crippen LogP contribution in [-0.2, 0) is 4.79 Å². The minimum Gasteiger partial charge on any atom is -0.322 e. The molecule has 10 aromatic rings. The Labute approximate surface area is 399 Å². The van der Waals surface area contributed by atoms with Gasteiger partial charge in [-0.15, -0.1) is 0 Å². The van der Waals surface area contributed by atoms with Gasteiger partial charge in [0.05, 0.1) is 28.2 Å². The molecule has 0 saturated carbocycles. The van der Waals surface area contributed by atoms with Crippen molar-refractivity contribution in [2.24, 2.45) is 11.5 Å². The molecule has 4 N–H and O–H groups in total. The number of rotatable bonds is 7. The van der Waals surface area contributed by atoms with Crippen molar-refractivity contribution in [2.45, 2.75) is 12.1 Å². The van der Waals surface area contributed by atoms with Crippen molar-refractivity contribution in [3.63, 3.8) is 0 Å². The number of carbonyl (C=O) groups is 2. The molecule has 1 amide bonds. The average molecular weight is 991 g/mol. The standard InChI is InChI=1S/C28H18BrN3.C14H8BrNO2.C14H16N2/c29-21-16-17-24-23(18-21)27-28(32(24)22-14-8-3-9-15-22)31-26(20-12-6-2-7-13-20)25(30-27)19-10-4-1-5-11-19;15-9-6-7-12-11(8-9)13(17)14(18)16(12)10-4-2-1-3-5-10;15-13(11-7-3-1-4-8-11)14(16)12-9-5-2-6-10-12/h1-18H;1-8H;1-10,13-14H,15-16H2. The summed E-state index contributed by atoms with van der Waals surface area (Å²) in [5.41, 5.74) is 24.0. The molecule has 10 heteroatoms. The third kappa shape index (κ3) is 9.13. The number of anilines is 2. The number of nitrogens with zero attached hydrogens (tertiary/aromatic N) is 4. The van der Waals surface area contributed by atoms with Gasteiger partial charge in [0, 0.05) is 48.9 Å². The Kier molecular flexibility index (Phi) is 13.2. The van der Waals surface area contributed by atoms with Gasteiger partial charge in [0.25, 0.3) is 5.78 Å². The van der Waals surface area contributed by atoms with Gasteiger partial charge in [-0.3, -0.25) is 19.1 Å². The van der Waals surface area contributed by atoms with E-state index in [4.69, 9.17) is 21.4 Å². The first kappa shape index (κ1) is 43.9. The number of fused-ring (bicyclic) bond motifs is 4. The van der Waals surface area contributed by atoms with E-state index in [1.54, 1.807) is 12.1 Å². The number of Topliss-reactive ketones (excluding diaryl/α,β-unsaturated/α-hetero) is 1. The lowest BCUT2D eigenvalue weighted by molar-refractivity contribution is -0.113. The first-order valence-corrected chi connectivity index (χ1v) is 22.9. The Morgan fingerprint density at radius 3 is 1.44 bits per heavy atom. The van der Waals surface area contributed by atoms with Gasteiger partial charge in [-0.2, -0.15) is 0 Å². The molecule has 0 aliphatic carbocycles. The van der Waals surface area contributed by atoms with Crippen LogP contribution < -0.4 is 16.4 Å². The number of halogens is 2. The van der Waals surface area contributed by atoms with Gasteiger partial charge in [0.15, 0.2) is 5.65 Å². The molecule has 0 fully saturated rings. The Hall–Kier alpha value is -7.34. The van der Waals surface area contributed by atoms with E-state index in [-0.39, 0.29) is 12.1 Å².